The fourth-order valence-corrected chi connectivity index (χ4v) is 4.94. The van der Waals surface area contributed by atoms with Gasteiger partial charge in [0.25, 0.3) is 5.91 Å². The van der Waals surface area contributed by atoms with E-state index in [1.54, 1.807) is 11.8 Å². The molecule has 3 aromatic rings. The fourth-order valence-electron chi connectivity index (χ4n) is 4.26. The molecule has 0 radical (unpaired) electrons. The molecule has 0 bridgehead atoms. The maximum absolute atomic E-state index is 13.3. The third kappa shape index (κ3) is 5.55. The second-order valence-corrected chi connectivity index (χ2v) is 9.50. The normalized spacial score (nSPS) is 15.3. The van der Waals surface area contributed by atoms with Crippen molar-refractivity contribution >= 4 is 34.2 Å². The molecule has 1 aliphatic rings. The number of hydrogen-bond donors (Lipinski definition) is 1. The van der Waals surface area contributed by atoms with Gasteiger partial charge in [0.15, 0.2) is 0 Å². The van der Waals surface area contributed by atoms with Crippen molar-refractivity contribution < 1.29 is 9.53 Å². The number of nitrogens with zero attached hydrogens (tertiary/aromatic N) is 4. The number of carbonyl (C=O) groups is 1. The van der Waals surface area contributed by atoms with Crippen molar-refractivity contribution in [2.45, 2.75) is 19.9 Å². The molecule has 1 aliphatic heterocycles. The van der Waals surface area contributed by atoms with Crippen LogP contribution < -0.4 is 15.0 Å². The first-order chi connectivity index (χ1) is 16.4. The number of anilines is 1. The second kappa shape index (κ2) is 10.8. The molecule has 1 saturated heterocycles. The average Bonchev–Trinajstić information content (AvgIpc) is 3.30. The first-order valence-electron chi connectivity index (χ1n) is 11.5. The lowest BCUT2D eigenvalue weighted by molar-refractivity contribution is 0.0939. The van der Waals surface area contributed by atoms with Crippen LogP contribution in [0.3, 0.4) is 0 Å². The Morgan fingerprint density at radius 3 is 2.56 bits per heavy atom. The number of ether oxygens (including phenoxy) is 1. The molecule has 0 aliphatic carbocycles. The van der Waals surface area contributed by atoms with E-state index < -0.39 is 0 Å². The molecule has 8 heteroatoms. The molecule has 0 saturated carbocycles. The van der Waals surface area contributed by atoms with E-state index in [9.17, 15) is 4.79 Å². The molecule has 0 spiro atoms. The summed E-state index contributed by atoms with van der Waals surface area (Å²) in [5.41, 5.74) is 5.80. The Bertz CT molecular complexity index is 1150. The van der Waals surface area contributed by atoms with Gasteiger partial charge in [-0.05, 0) is 60.9 Å². The largest absolute Gasteiger partial charge is 0.497 e. The van der Waals surface area contributed by atoms with E-state index in [0.29, 0.717) is 0 Å². The minimum Gasteiger partial charge on any atom is -0.497 e. The number of amides is 1. The number of hydrogen-bond acceptors (Lipinski definition) is 5. The Morgan fingerprint density at radius 2 is 1.91 bits per heavy atom. The van der Waals surface area contributed by atoms with Crippen molar-refractivity contribution in [1.82, 2.24) is 20.0 Å². The molecule has 2 aromatic carbocycles. The molecule has 4 rings (SSSR count). The predicted molar refractivity (Wildman–Crippen MR) is 145 cm³/mol. The zero-order valence-corrected chi connectivity index (χ0v) is 22.4. The molecule has 2 heterocycles. The van der Waals surface area contributed by atoms with Crippen molar-refractivity contribution in [1.29, 1.82) is 0 Å². The van der Waals surface area contributed by atoms with Crippen molar-refractivity contribution in [3.63, 3.8) is 0 Å². The number of nitrogens with one attached hydrogen (secondary N) is 1. The quantitative estimate of drug-likeness (QED) is 0.258. The molecule has 180 valence electrons. The van der Waals surface area contributed by atoms with Crippen molar-refractivity contribution in [2.24, 2.45) is 7.05 Å². The smallest absolute Gasteiger partial charge is 0.252 e. The van der Waals surface area contributed by atoms with Gasteiger partial charge in [-0.3, -0.25) is 14.4 Å². The van der Waals surface area contributed by atoms with Crippen LogP contribution in [0.5, 0.6) is 5.75 Å². The Hall–Kier alpha value is -2.59. The highest BCUT2D eigenvalue weighted by atomic mass is 127. The van der Waals surface area contributed by atoms with Crippen LogP contribution in [0, 0.1) is 6.92 Å². The molecule has 34 heavy (non-hydrogen) atoms. The van der Waals surface area contributed by atoms with Gasteiger partial charge < -0.3 is 15.0 Å². The van der Waals surface area contributed by atoms with Crippen LogP contribution in [-0.2, 0) is 7.05 Å². The van der Waals surface area contributed by atoms with Gasteiger partial charge in [-0.2, -0.15) is 5.10 Å². The maximum Gasteiger partial charge on any atom is 0.252 e. The molecule has 1 amide bonds. The number of piperazine rings is 1. The van der Waals surface area contributed by atoms with Crippen LogP contribution in [0.25, 0.3) is 11.1 Å². The standard InChI is InChI=1S/C26H32IN5O2/c1-18-5-6-23(32-9-7-31(17-27)8-10-32)14-25(18)26(33)29-19(2)20-11-21(13-24(12-20)34-4)22-15-28-30(3)16-22/h5-6,11-16,19H,7-10,17H2,1-4H3,(H,29,33)/t19-/m1/s1. The highest BCUT2D eigenvalue weighted by molar-refractivity contribution is 14.1. The Kier molecular flexibility index (Phi) is 7.77. The summed E-state index contributed by atoms with van der Waals surface area (Å²) in [5, 5.41) is 7.47. The number of halogens is 1. The number of benzene rings is 2. The lowest BCUT2D eigenvalue weighted by atomic mass is 10.0. The molecule has 7 nitrogen and oxygen atoms in total. The summed E-state index contributed by atoms with van der Waals surface area (Å²) < 4.78 is 8.36. The average molecular weight is 573 g/mol. The van der Waals surface area contributed by atoms with Gasteiger partial charge in [-0.25, -0.2) is 0 Å². The van der Waals surface area contributed by atoms with Crippen LogP contribution in [-0.4, -0.2) is 58.4 Å². The van der Waals surface area contributed by atoms with E-state index in [4.69, 9.17) is 4.74 Å². The number of aromatic nitrogens is 2. The summed E-state index contributed by atoms with van der Waals surface area (Å²) in [7, 11) is 3.55. The van der Waals surface area contributed by atoms with E-state index in [0.717, 1.165) is 70.0 Å². The third-order valence-electron chi connectivity index (χ3n) is 6.42. The second-order valence-electron chi connectivity index (χ2n) is 8.82. The first kappa shape index (κ1) is 24.5. The minimum atomic E-state index is -0.187. The summed E-state index contributed by atoms with van der Waals surface area (Å²) in [6.45, 7) is 8.04. The summed E-state index contributed by atoms with van der Waals surface area (Å²) in [4.78, 5) is 18.1. The van der Waals surface area contributed by atoms with Crippen molar-refractivity contribution in [3.05, 3.63) is 65.5 Å². The highest BCUT2D eigenvalue weighted by Gasteiger charge is 2.20. The van der Waals surface area contributed by atoms with Gasteiger partial charge in [0.1, 0.15) is 5.75 Å². The molecule has 1 fully saturated rings. The van der Waals surface area contributed by atoms with Crippen LogP contribution in [0.15, 0.2) is 48.8 Å². The highest BCUT2D eigenvalue weighted by Crippen LogP contribution is 2.29. The molecular weight excluding hydrogens is 541 g/mol. The van der Waals surface area contributed by atoms with Gasteiger partial charge in [0.05, 0.1) is 23.9 Å². The van der Waals surface area contributed by atoms with Crippen LogP contribution in [0.1, 0.15) is 34.5 Å². The Morgan fingerprint density at radius 1 is 1.15 bits per heavy atom. The molecular formula is C26H32IN5O2. The lowest BCUT2D eigenvalue weighted by Crippen LogP contribution is -2.45. The summed E-state index contributed by atoms with van der Waals surface area (Å²) in [5.74, 6) is 0.685. The number of rotatable bonds is 7. The summed E-state index contributed by atoms with van der Waals surface area (Å²) >= 11 is 2.42. The van der Waals surface area contributed by atoms with Crippen LogP contribution in [0.2, 0.25) is 0 Å². The molecule has 1 N–H and O–H groups in total. The van der Waals surface area contributed by atoms with Gasteiger partial charge >= 0.3 is 0 Å². The van der Waals surface area contributed by atoms with E-state index in [1.807, 2.05) is 57.6 Å². The van der Waals surface area contributed by atoms with Gasteiger partial charge in [0, 0.05) is 56.2 Å². The van der Waals surface area contributed by atoms with E-state index in [2.05, 4.69) is 54.9 Å². The van der Waals surface area contributed by atoms with E-state index >= 15 is 0 Å². The van der Waals surface area contributed by atoms with E-state index in [1.165, 1.54) is 0 Å². The number of methoxy groups -OCH3 is 1. The lowest BCUT2D eigenvalue weighted by Gasteiger charge is -2.35. The summed E-state index contributed by atoms with van der Waals surface area (Å²) in [6.07, 6.45) is 3.80. The van der Waals surface area contributed by atoms with Crippen molar-refractivity contribution in [2.75, 3.05) is 42.7 Å². The Balaban J connectivity index is 1.53. The first-order valence-corrected chi connectivity index (χ1v) is 13.0. The van der Waals surface area contributed by atoms with Crippen LogP contribution in [0.4, 0.5) is 5.69 Å². The SMILES string of the molecule is COc1cc(-c2cnn(C)c2)cc([C@@H](C)NC(=O)c2cc(N3CCN(CI)CC3)ccc2C)c1. The molecule has 1 atom stereocenters. The number of alkyl halides is 1. The molecule has 1 aromatic heterocycles. The maximum atomic E-state index is 13.3. The fraction of sp³-hybridized carbons (Fsp3) is 0.385. The topological polar surface area (TPSA) is 62.6 Å². The van der Waals surface area contributed by atoms with Gasteiger partial charge in [-0.15, -0.1) is 0 Å². The number of carbonyl (C=O) groups excluding carboxylic acids is 1. The summed E-state index contributed by atoms with van der Waals surface area (Å²) in [6, 6.07) is 12.1. The van der Waals surface area contributed by atoms with Crippen LogP contribution >= 0.6 is 22.6 Å². The predicted octanol–water partition coefficient (Wildman–Crippen LogP) is 4.41. The zero-order valence-electron chi connectivity index (χ0n) is 20.2. The Labute approximate surface area is 215 Å². The zero-order chi connectivity index (χ0) is 24.2. The van der Waals surface area contributed by atoms with Gasteiger partial charge in [-0.1, -0.05) is 28.7 Å². The number of aryl methyl sites for hydroxylation is 2. The van der Waals surface area contributed by atoms with E-state index in [-0.39, 0.29) is 11.9 Å². The minimum absolute atomic E-state index is 0.0662. The monoisotopic (exact) mass is 573 g/mol. The third-order valence-corrected chi connectivity index (χ3v) is 7.39. The van der Waals surface area contributed by atoms with Crippen molar-refractivity contribution in [3.8, 4) is 16.9 Å². The van der Waals surface area contributed by atoms with Gasteiger partial charge in [0.2, 0.25) is 0 Å². The molecule has 0 unspecified atom stereocenters.